The van der Waals surface area contributed by atoms with Crippen molar-refractivity contribution in [3.8, 4) is 0 Å². The summed E-state index contributed by atoms with van der Waals surface area (Å²) in [4.78, 5) is 16.4. The molecule has 0 saturated carbocycles. The summed E-state index contributed by atoms with van der Waals surface area (Å²) in [5.74, 6) is -0.850. The lowest BCUT2D eigenvalue weighted by Crippen LogP contribution is -2.14. The lowest BCUT2D eigenvalue weighted by atomic mass is 10.2. The number of pyridine rings is 1. The minimum atomic E-state index is -0.457. The minimum absolute atomic E-state index is 0.150. The van der Waals surface area contributed by atoms with Gasteiger partial charge in [0.1, 0.15) is 11.5 Å². The number of amides is 1. The Hall–Kier alpha value is -2.63. The number of carbonyl (C=O) groups is 1. The Balaban J connectivity index is 1.80. The zero-order valence-electron chi connectivity index (χ0n) is 12.8. The summed E-state index contributed by atoms with van der Waals surface area (Å²) in [6.45, 7) is 0. The summed E-state index contributed by atoms with van der Waals surface area (Å²) in [7, 11) is 0. The average molecular weight is 376 g/mol. The number of carbonyl (C=O) groups excluding carboxylic acids is 1. The summed E-state index contributed by atoms with van der Waals surface area (Å²) < 4.78 is 13.7. The van der Waals surface area contributed by atoms with Gasteiger partial charge in [0.05, 0.1) is 16.4 Å². The van der Waals surface area contributed by atoms with Crippen molar-refractivity contribution in [2.24, 2.45) is 0 Å². The molecule has 0 saturated heterocycles. The van der Waals surface area contributed by atoms with Gasteiger partial charge in [-0.2, -0.15) is 0 Å². The molecular weight excluding hydrogens is 364 g/mol. The van der Waals surface area contributed by atoms with Crippen LogP contribution in [0.1, 0.15) is 10.5 Å². The van der Waals surface area contributed by atoms with E-state index in [-0.39, 0.29) is 5.69 Å². The molecule has 1 aromatic heterocycles. The van der Waals surface area contributed by atoms with Crippen molar-refractivity contribution >= 4 is 46.2 Å². The van der Waals surface area contributed by atoms with Crippen molar-refractivity contribution in [2.75, 3.05) is 10.6 Å². The number of halogens is 3. The first kappa shape index (κ1) is 17.2. The van der Waals surface area contributed by atoms with E-state index in [1.807, 2.05) is 0 Å². The molecule has 7 heteroatoms. The molecule has 2 aromatic carbocycles. The molecule has 0 aliphatic rings. The number of benzene rings is 2. The molecule has 0 bridgehead atoms. The summed E-state index contributed by atoms with van der Waals surface area (Å²) in [6, 6.07) is 14.2. The normalized spacial score (nSPS) is 10.4. The fourth-order valence-corrected chi connectivity index (χ4v) is 2.47. The van der Waals surface area contributed by atoms with Crippen molar-refractivity contribution in [3.63, 3.8) is 0 Å². The van der Waals surface area contributed by atoms with Crippen LogP contribution < -0.4 is 10.6 Å². The summed E-state index contributed by atoms with van der Waals surface area (Å²) in [5, 5.41) is 6.37. The number of rotatable bonds is 4. The van der Waals surface area contributed by atoms with Crippen LogP contribution in [-0.4, -0.2) is 10.9 Å². The first-order chi connectivity index (χ1) is 12.0. The van der Waals surface area contributed by atoms with Crippen LogP contribution in [0.15, 0.2) is 60.8 Å². The van der Waals surface area contributed by atoms with E-state index in [9.17, 15) is 9.18 Å². The van der Waals surface area contributed by atoms with Crippen molar-refractivity contribution in [1.82, 2.24) is 4.98 Å². The van der Waals surface area contributed by atoms with E-state index in [0.29, 0.717) is 27.1 Å². The number of nitrogens with zero attached hydrogens (tertiary/aromatic N) is 1. The van der Waals surface area contributed by atoms with Gasteiger partial charge in [-0.1, -0.05) is 35.3 Å². The van der Waals surface area contributed by atoms with Gasteiger partial charge >= 0.3 is 0 Å². The van der Waals surface area contributed by atoms with Gasteiger partial charge in [0, 0.05) is 16.9 Å². The maximum atomic E-state index is 13.7. The summed E-state index contributed by atoms with van der Waals surface area (Å²) >= 11 is 11.9. The monoisotopic (exact) mass is 375 g/mol. The lowest BCUT2D eigenvalue weighted by molar-refractivity contribution is 0.102. The topological polar surface area (TPSA) is 54.0 Å². The maximum absolute atomic E-state index is 13.7. The minimum Gasteiger partial charge on any atom is -0.353 e. The highest BCUT2D eigenvalue weighted by molar-refractivity contribution is 6.35. The van der Waals surface area contributed by atoms with Gasteiger partial charge in [0.25, 0.3) is 5.91 Å². The molecule has 0 spiro atoms. The van der Waals surface area contributed by atoms with Gasteiger partial charge in [0.2, 0.25) is 0 Å². The van der Waals surface area contributed by atoms with Crippen LogP contribution in [-0.2, 0) is 0 Å². The van der Waals surface area contributed by atoms with Gasteiger partial charge in [-0.15, -0.1) is 0 Å². The second kappa shape index (κ2) is 7.51. The van der Waals surface area contributed by atoms with Crippen molar-refractivity contribution in [1.29, 1.82) is 0 Å². The van der Waals surface area contributed by atoms with E-state index in [4.69, 9.17) is 23.2 Å². The zero-order valence-corrected chi connectivity index (χ0v) is 14.3. The van der Waals surface area contributed by atoms with E-state index in [1.165, 1.54) is 18.3 Å². The van der Waals surface area contributed by atoms with Crippen molar-refractivity contribution < 1.29 is 9.18 Å². The highest BCUT2D eigenvalue weighted by atomic mass is 35.5. The molecule has 4 nitrogen and oxygen atoms in total. The van der Waals surface area contributed by atoms with E-state index in [2.05, 4.69) is 15.6 Å². The molecule has 0 fully saturated rings. The third-order valence-electron chi connectivity index (χ3n) is 3.32. The largest absolute Gasteiger partial charge is 0.353 e. The SMILES string of the molecule is O=C(Nc1cc(Cl)ccc1Cl)c1cc(Nc2ccccc2F)ccn1. The van der Waals surface area contributed by atoms with E-state index in [0.717, 1.165) is 0 Å². The molecule has 0 aliphatic carbocycles. The van der Waals surface area contributed by atoms with Gasteiger partial charge in [-0.3, -0.25) is 9.78 Å². The van der Waals surface area contributed by atoms with E-state index < -0.39 is 11.7 Å². The number of aromatic nitrogens is 1. The smallest absolute Gasteiger partial charge is 0.274 e. The van der Waals surface area contributed by atoms with Crippen LogP contribution in [0.2, 0.25) is 10.0 Å². The molecule has 0 atom stereocenters. The molecule has 0 radical (unpaired) electrons. The number of anilines is 3. The van der Waals surface area contributed by atoms with Gasteiger partial charge in [-0.25, -0.2) is 4.39 Å². The highest BCUT2D eigenvalue weighted by Gasteiger charge is 2.11. The van der Waals surface area contributed by atoms with E-state index in [1.54, 1.807) is 42.5 Å². The Morgan fingerprint density at radius 1 is 1.00 bits per heavy atom. The first-order valence-corrected chi connectivity index (χ1v) is 8.02. The predicted octanol–water partition coefficient (Wildman–Crippen LogP) is 5.52. The second-order valence-electron chi connectivity index (χ2n) is 5.11. The molecule has 1 amide bonds. The number of para-hydroxylation sites is 1. The lowest BCUT2D eigenvalue weighted by Gasteiger charge is -2.10. The van der Waals surface area contributed by atoms with Crippen LogP contribution in [0.4, 0.5) is 21.5 Å². The maximum Gasteiger partial charge on any atom is 0.274 e. The Morgan fingerprint density at radius 2 is 1.80 bits per heavy atom. The van der Waals surface area contributed by atoms with Gasteiger partial charge in [-0.05, 0) is 42.5 Å². The van der Waals surface area contributed by atoms with E-state index >= 15 is 0 Å². The van der Waals surface area contributed by atoms with Crippen molar-refractivity contribution in [3.05, 3.63) is 82.4 Å². The average Bonchev–Trinajstić information content (AvgIpc) is 2.60. The third kappa shape index (κ3) is 4.26. The quantitative estimate of drug-likeness (QED) is 0.630. The Labute approximate surface area is 153 Å². The Morgan fingerprint density at radius 3 is 2.60 bits per heavy atom. The number of nitrogens with one attached hydrogen (secondary N) is 2. The molecule has 25 heavy (non-hydrogen) atoms. The van der Waals surface area contributed by atoms with Crippen LogP contribution in [0.3, 0.4) is 0 Å². The molecular formula is C18H12Cl2FN3O. The van der Waals surface area contributed by atoms with Gasteiger partial charge in [0.15, 0.2) is 0 Å². The van der Waals surface area contributed by atoms with Crippen LogP contribution in [0.5, 0.6) is 0 Å². The fraction of sp³-hybridized carbons (Fsp3) is 0. The number of hydrogen-bond acceptors (Lipinski definition) is 3. The highest BCUT2D eigenvalue weighted by Crippen LogP contribution is 2.26. The molecule has 1 heterocycles. The molecule has 0 unspecified atom stereocenters. The molecule has 2 N–H and O–H groups in total. The zero-order chi connectivity index (χ0) is 17.8. The third-order valence-corrected chi connectivity index (χ3v) is 3.89. The Bertz CT molecular complexity index is 934. The van der Waals surface area contributed by atoms with Crippen LogP contribution >= 0.6 is 23.2 Å². The second-order valence-corrected chi connectivity index (χ2v) is 5.96. The van der Waals surface area contributed by atoms with Crippen molar-refractivity contribution in [2.45, 2.75) is 0 Å². The van der Waals surface area contributed by atoms with Crippen LogP contribution in [0.25, 0.3) is 0 Å². The molecule has 3 rings (SSSR count). The first-order valence-electron chi connectivity index (χ1n) is 7.27. The summed E-state index contributed by atoms with van der Waals surface area (Å²) in [5.41, 5.74) is 1.37. The van der Waals surface area contributed by atoms with Gasteiger partial charge < -0.3 is 10.6 Å². The Kier molecular flexibility index (Phi) is 5.16. The van der Waals surface area contributed by atoms with Crippen LogP contribution in [0, 0.1) is 5.82 Å². The molecule has 3 aromatic rings. The predicted molar refractivity (Wildman–Crippen MR) is 98.3 cm³/mol. The summed E-state index contributed by atoms with van der Waals surface area (Å²) in [6.07, 6.45) is 1.46. The molecule has 0 aliphatic heterocycles. The fourth-order valence-electron chi connectivity index (χ4n) is 2.13. The molecule has 126 valence electrons. The number of hydrogen-bond donors (Lipinski definition) is 2. The standard InChI is InChI=1S/C18H12Cl2FN3O/c19-11-5-6-13(20)16(9-11)24-18(25)17-10-12(7-8-22-17)23-15-4-2-1-3-14(15)21/h1-10H,(H,22,23)(H,24,25).